The van der Waals surface area contributed by atoms with Crippen molar-refractivity contribution >= 4 is 5.97 Å². The van der Waals surface area contributed by atoms with Crippen LogP contribution in [0.15, 0.2) is 48.5 Å². The maximum Gasteiger partial charge on any atom is 0.325 e. The molecule has 0 aliphatic heterocycles. The van der Waals surface area contributed by atoms with E-state index in [1.165, 1.54) is 12.1 Å². The maximum atomic E-state index is 11.3. The lowest BCUT2D eigenvalue weighted by Gasteiger charge is -2.16. The molecular formula is C15H15NO4. The Morgan fingerprint density at radius 2 is 1.60 bits per heavy atom. The van der Waals surface area contributed by atoms with Gasteiger partial charge in [0.25, 0.3) is 0 Å². The summed E-state index contributed by atoms with van der Waals surface area (Å²) in [6.07, 6.45) is 0. The molecule has 4 N–H and O–H groups in total. The number of nitrogens with one attached hydrogen (secondary N) is 1. The molecule has 0 bridgehead atoms. The number of rotatable bonds is 5. The van der Waals surface area contributed by atoms with E-state index in [4.69, 9.17) is 0 Å². The lowest BCUT2D eigenvalue weighted by Crippen LogP contribution is -2.28. The molecule has 1 atom stereocenters. The number of aromatic hydroxyl groups is 2. The van der Waals surface area contributed by atoms with Crippen LogP contribution in [0.5, 0.6) is 11.5 Å². The number of phenols is 2. The van der Waals surface area contributed by atoms with Gasteiger partial charge < -0.3 is 15.3 Å². The Labute approximate surface area is 116 Å². The second-order valence-electron chi connectivity index (χ2n) is 4.34. The first-order valence-corrected chi connectivity index (χ1v) is 6.10. The second-order valence-corrected chi connectivity index (χ2v) is 4.34. The molecule has 0 radical (unpaired) electrons. The minimum absolute atomic E-state index is 0.0790. The van der Waals surface area contributed by atoms with Gasteiger partial charge in [0, 0.05) is 17.7 Å². The average Bonchev–Trinajstić information content (AvgIpc) is 2.42. The monoisotopic (exact) mass is 273 g/mol. The Balaban J connectivity index is 2.18. The number of carbonyl (C=O) groups is 1. The van der Waals surface area contributed by atoms with E-state index < -0.39 is 12.0 Å². The zero-order valence-electron chi connectivity index (χ0n) is 10.7. The fraction of sp³-hybridized carbons (Fsp3) is 0.133. The SMILES string of the molecule is O=C(O)C(NCc1ccccc1O)c1ccccc1O. The zero-order valence-corrected chi connectivity index (χ0v) is 10.7. The Morgan fingerprint density at radius 1 is 1.00 bits per heavy atom. The molecule has 0 fully saturated rings. The predicted octanol–water partition coefficient (Wildman–Crippen LogP) is 2.01. The summed E-state index contributed by atoms with van der Waals surface area (Å²) in [6, 6.07) is 11.9. The van der Waals surface area contributed by atoms with Crippen LogP contribution in [-0.2, 0) is 11.3 Å². The third kappa shape index (κ3) is 3.07. The van der Waals surface area contributed by atoms with E-state index in [-0.39, 0.29) is 23.6 Å². The first-order chi connectivity index (χ1) is 9.59. The molecule has 0 spiro atoms. The molecule has 20 heavy (non-hydrogen) atoms. The number of hydrogen-bond acceptors (Lipinski definition) is 4. The molecule has 2 rings (SSSR count). The van der Waals surface area contributed by atoms with Crippen LogP contribution in [0.3, 0.4) is 0 Å². The quantitative estimate of drug-likeness (QED) is 0.669. The highest BCUT2D eigenvalue weighted by Gasteiger charge is 2.22. The predicted molar refractivity (Wildman–Crippen MR) is 73.4 cm³/mol. The van der Waals surface area contributed by atoms with Crippen LogP contribution in [0, 0.1) is 0 Å². The highest BCUT2D eigenvalue weighted by molar-refractivity contribution is 5.76. The van der Waals surface area contributed by atoms with Crippen molar-refractivity contribution in [1.82, 2.24) is 5.32 Å². The van der Waals surface area contributed by atoms with E-state index in [2.05, 4.69) is 5.32 Å². The summed E-state index contributed by atoms with van der Waals surface area (Å²) < 4.78 is 0. The number of para-hydroxylation sites is 2. The number of aliphatic carboxylic acids is 1. The van der Waals surface area contributed by atoms with Crippen LogP contribution < -0.4 is 5.32 Å². The Kier molecular flexibility index (Phi) is 4.22. The molecule has 0 saturated heterocycles. The van der Waals surface area contributed by atoms with Crippen molar-refractivity contribution in [2.75, 3.05) is 0 Å². The highest BCUT2D eigenvalue weighted by atomic mass is 16.4. The van der Waals surface area contributed by atoms with Crippen molar-refractivity contribution in [3.63, 3.8) is 0 Å². The van der Waals surface area contributed by atoms with Crippen molar-refractivity contribution < 1.29 is 20.1 Å². The summed E-state index contributed by atoms with van der Waals surface area (Å²) in [7, 11) is 0. The molecule has 104 valence electrons. The average molecular weight is 273 g/mol. The van der Waals surface area contributed by atoms with Crippen LogP contribution in [0.1, 0.15) is 17.2 Å². The summed E-state index contributed by atoms with van der Waals surface area (Å²) in [5.74, 6) is -1.08. The van der Waals surface area contributed by atoms with Crippen molar-refractivity contribution in [3.05, 3.63) is 59.7 Å². The summed E-state index contributed by atoms with van der Waals surface area (Å²) >= 11 is 0. The van der Waals surface area contributed by atoms with E-state index in [0.29, 0.717) is 5.56 Å². The molecule has 0 amide bonds. The first-order valence-electron chi connectivity index (χ1n) is 6.10. The van der Waals surface area contributed by atoms with Crippen molar-refractivity contribution in [1.29, 1.82) is 0 Å². The molecule has 0 aliphatic carbocycles. The second kappa shape index (κ2) is 6.08. The maximum absolute atomic E-state index is 11.3. The zero-order chi connectivity index (χ0) is 14.5. The standard InChI is InChI=1S/C15H15NO4/c17-12-7-3-1-5-10(12)9-16-14(15(19)20)11-6-2-4-8-13(11)18/h1-8,14,16-18H,9H2,(H,19,20). The van der Waals surface area contributed by atoms with Gasteiger partial charge in [0.15, 0.2) is 0 Å². The molecule has 5 heteroatoms. The van der Waals surface area contributed by atoms with E-state index in [1.54, 1.807) is 36.4 Å². The summed E-state index contributed by atoms with van der Waals surface area (Å²) in [4.78, 5) is 11.3. The van der Waals surface area contributed by atoms with Crippen molar-refractivity contribution in [2.45, 2.75) is 12.6 Å². The van der Waals surface area contributed by atoms with Crippen LogP contribution in [0.2, 0.25) is 0 Å². The van der Waals surface area contributed by atoms with Crippen molar-refractivity contribution in [2.24, 2.45) is 0 Å². The minimum atomic E-state index is -1.10. The van der Waals surface area contributed by atoms with Gasteiger partial charge in [-0.1, -0.05) is 36.4 Å². The van der Waals surface area contributed by atoms with Crippen LogP contribution in [0.4, 0.5) is 0 Å². The van der Waals surface area contributed by atoms with E-state index in [9.17, 15) is 20.1 Å². The van der Waals surface area contributed by atoms with Gasteiger partial charge in [-0.2, -0.15) is 0 Å². The number of hydrogen-bond donors (Lipinski definition) is 4. The summed E-state index contributed by atoms with van der Waals surface area (Å²) in [5.41, 5.74) is 0.879. The van der Waals surface area contributed by atoms with Gasteiger partial charge in [0.1, 0.15) is 17.5 Å². The normalized spacial score (nSPS) is 12.0. The fourth-order valence-electron chi connectivity index (χ4n) is 1.93. The van der Waals surface area contributed by atoms with Gasteiger partial charge >= 0.3 is 5.97 Å². The van der Waals surface area contributed by atoms with Crippen LogP contribution in [0.25, 0.3) is 0 Å². The lowest BCUT2D eigenvalue weighted by atomic mass is 10.1. The summed E-state index contributed by atoms with van der Waals surface area (Å²) in [5, 5.41) is 31.5. The molecule has 1 unspecified atom stereocenters. The molecule has 5 nitrogen and oxygen atoms in total. The van der Waals surface area contributed by atoms with Crippen LogP contribution in [-0.4, -0.2) is 21.3 Å². The topological polar surface area (TPSA) is 89.8 Å². The third-order valence-electron chi connectivity index (χ3n) is 2.98. The first kappa shape index (κ1) is 13.9. The van der Waals surface area contributed by atoms with Gasteiger partial charge in [-0.3, -0.25) is 10.1 Å². The molecule has 0 saturated carbocycles. The number of phenolic OH excluding ortho intramolecular Hbond substituents is 2. The molecule has 0 aliphatic rings. The molecular weight excluding hydrogens is 258 g/mol. The Bertz CT molecular complexity index is 612. The van der Waals surface area contributed by atoms with Gasteiger partial charge in [-0.15, -0.1) is 0 Å². The molecule has 2 aromatic rings. The van der Waals surface area contributed by atoms with E-state index in [0.717, 1.165) is 0 Å². The lowest BCUT2D eigenvalue weighted by molar-refractivity contribution is -0.139. The van der Waals surface area contributed by atoms with Crippen LogP contribution >= 0.6 is 0 Å². The Morgan fingerprint density at radius 3 is 2.20 bits per heavy atom. The molecule has 0 heterocycles. The Hall–Kier alpha value is -2.53. The van der Waals surface area contributed by atoms with Crippen molar-refractivity contribution in [3.8, 4) is 11.5 Å². The molecule has 0 aromatic heterocycles. The van der Waals surface area contributed by atoms with Gasteiger partial charge in [0.2, 0.25) is 0 Å². The molecule has 2 aromatic carbocycles. The summed E-state index contributed by atoms with van der Waals surface area (Å²) in [6.45, 7) is 0.179. The van der Waals surface area contributed by atoms with Gasteiger partial charge in [-0.05, 0) is 12.1 Å². The number of carboxylic acid groups (broad SMARTS) is 1. The smallest absolute Gasteiger partial charge is 0.325 e. The van der Waals surface area contributed by atoms with Gasteiger partial charge in [0.05, 0.1) is 0 Å². The third-order valence-corrected chi connectivity index (χ3v) is 2.98. The minimum Gasteiger partial charge on any atom is -0.508 e. The fourth-order valence-corrected chi connectivity index (χ4v) is 1.93. The van der Waals surface area contributed by atoms with Gasteiger partial charge in [-0.25, -0.2) is 0 Å². The van der Waals surface area contributed by atoms with E-state index in [1.807, 2.05) is 0 Å². The highest BCUT2D eigenvalue weighted by Crippen LogP contribution is 2.25. The number of carboxylic acids is 1. The number of benzene rings is 2. The van der Waals surface area contributed by atoms with E-state index >= 15 is 0 Å². The largest absolute Gasteiger partial charge is 0.508 e.